The maximum Gasteiger partial charge on any atom is 0.323 e. The second-order valence-electron chi connectivity index (χ2n) is 5.14. The van der Waals surface area contributed by atoms with Gasteiger partial charge in [0, 0.05) is 16.4 Å². The zero-order chi connectivity index (χ0) is 16.9. The maximum absolute atomic E-state index is 13.1. The molecule has 0 radical (unpaired) electrons. The van der Waals surface area contributed by atoms with Crippen LogP contribution in [0.1, 0.15) is 5.56 Å². The van der Waals surface area contributed by atoms with Gasteiger partial charge in [-0.1, -0.05) is 34.1 Å². The number of aromatic nitrogens is 2. The molecule has 2 amide bonds. The molecule has 1 heterocycles. The molecule has 2 N–H and O–H groups in total. The van der Waals surface area contributed by atoms with E-state index in [-0.39, 0.29) is 0 Å². The number of halogens is 2. The topological polar surface area (TPSA) is 59.0 Å². The summed E-state index contributed by atoms with van der Waals surface area (Å²) in [6.07, 6.45) is 3.29. The van der Waals surface area contributed by atoms with E-state index in [1.165, 1.54) is 18.2 Å². The predicted molar refractivity (Wildman–Crippen MR) is 94.5 cm³/mol. The summed E-state index contributed by atoms with van der Waals surface area (Å²) >= 11 is 3.39. The first-order chi connectivity index (χ1) is 11.6. The molecule has 24 heavy (non-hydrogen) atoms. The van der Waals surface area contributed by atoms with Gasteiger partial charge >= 0.3 is 6.03 Å². The second kappa shape index (κ2) is 7.27. The summed E-state index contributed by atoms with van der Waals surface area (Å²) in [7, 11) is 0. The first kappa shape index (κ1) is 16.2. The molecule has 5 nitrogen and oxygen atoms in total. The van der Waals surface area contributed by atoms with Crippen molar-refractivity contribution in [2.75, 3.05) is 10.6 Å². The summed E-state index contributed by atoms with van der Waals surface area (Å²) in [5.41, 5.74) is 2.04. The Morgan fingerprint density at radius 1 is 1.12 bits per heavy atom. The number of benzene rings is 2. The van der Waals surface area contributed by atoms with Crippen molar-refractivity contribution >= 4 is 33.3 Å². The van der Waals surface area contributed by atoms with E-state index in [1.807, 2.05) is 24.3 Å². The van der Waals surface area contributed by atoms with Crippen LogP contribution in [0.15, 0.2) is 65.4 Å². The van der Waals surface area contributed by atoms with Gasteiger partial charge in [0.1, 0.15) is 5.82 Å². The Kier molecular flexibility index (Phi) is 4.90. The molecule has 0 saturated carbocycles. The van der Waals surface area contributed by atoms with Gasteiger partial charge in [-0.15, -0.1) is 0 Å². The molecular formula is C17H14BrFN4O. The molecule has 0 aliphatic heterocycles. The van der Waals surface area contributed by atoms with E-state index >= 15 is 0 Å². The fourth-order valence-corrected chi connectivity index (χ4v) is 2.42. The highest BCUT2D eigenvalue weighted by atomic mass is 79.9. The lowest BCUT2D eigenvalue weighted by Crippen LogP contribution is -2.19. The van der Waals surface area contributed by atoms with Gasteiger partial charge in [0.2, 0.25) is 0 Å². The normalized spacial score (nSPS) is 10.4. The van der Waals surface area contributed by atoms with Gasteiger partial charge in [0.05, 0.1) is 18.4 Å². The largest absolute Gasteiger partial charge is 0.323 e. The number of nitrogens with one attached hydrogen (secondary N) is 2. The number of hydrogen-bond acceptors (Lipinski definition) is 2. The minimum atomic E-state index is -0.455. The molecule has 0 aliphatic rings. The number of anilines is 2. The Labute approximate surface area is 146 Å². The van der Waals surface area contributed by atoms with Crippen LogP contribution in [-0.2, 0) is 6.54 Å². The third kappa shape index (κ3) is 4.42. The molecule has 0 aliphatic carbocycles. The Balaban J connectivity index is 1.59. The van der Waals surface area contributed by atoms with Crippen LogP contribution in [0.3, 0.4) is 0 Å². The summed E-state index contributed by atoms with van der Waals surface area (Å²) in [5.74, 6) is -0.407. The van der Waals surface area contributed by atoms with Crippen molar-refractivity contribution in [3.63, 3.8) is 0 Å². The maximum atomic E-state index is 13.1. The molecule has 122 valence electrons. The monoisotopic (exact) mass is 388 g/mol. The Hall–Kier alpha value is -2.67. The predicted octanol–water partition coefficient (Wildman–Crippen LogP) is 4.48. The second-order valence-corrected chi connectivity index (χ2v) is 6.06. The molecule has 2 aromatic carbocycles. The molecule has 3 rings (SSSR count). The Morgan fingerprint density at radius 2 is 1.88 bits per heavy atom. The highest BCUT2D eigenvalue weighted by molar-refractivity contribution is 9.10. The third-order valence-corrected chi connectivity index (χ3v) is 3.76. The van der Waals surface area contributed by atoms with Gasteiger partial charge in [-0.25, -0.2) is 9.18 Å². The highest BCUT2D eigenvalue weighted by Crippen LogP contribution is 2.13. The van der Waals surface area contributed by atoms with E-state index in [0.29, 0.717) is 17.9 Å². The molecule has 0 bridgehead atoms. The zero-order valence-electron chi connectivity index (χ0n) is 12.5. The summed E-state index contributed by atoms with van der Waals surface area (Å²) in [6, 6.07) is 13.2. The van der Waals surface area contributed by atoms with E-state index in [1.54, 1.807) is 23.1 Å². The summed E-state index contributed by atoms with van der Waals surface area (Å²) in [4.78, 5) is 11.9. The van der Waals surface area contributed by atoms with Gasteiger partial charge in [0.15, 0.2) is 0 Å². The third-order valence-electron chi connectivity index (χ3n) is 3.23. The molecule has 1 aromatic heterocycles. The molecule has 0 spiro atoms. The van der Waals surface area contributed by atoms with Crippen LogP contribution in [0.5, 0.6) is 0 Å². The van der Waals surface area contributed by atoms with Gasteiger partial charge in [-0.05, 0) is 35.9 Å². The van der Waals surface area contributed by atoms with Crippen molar-refractivity contribution in [3.05, 3.63) is 76.8 Å². The van der Waals surface area contributed by atoms with Crippen LogP contribution >= 0.6 is 15.9 Å². The van der Waals surface area contributed by atoms with Crippen molar-refractivity contribution in [2.45, 2.75) is 6.54 Å². The summed E-state index contributed by atoms with van der Waals surface area (Å²) in [5, 5.41) is 9.44. The number of carbonyl (C=O) groups excluding carboxylic acids is 1. The van der Waals surface area contributed by atoms with Crippen LogP contribution in [0, 0.1) is 5.82 Å². The summed E-state index contributed by atoms with van der Waals surface area (Å²) in [6.45, 7) is 0.598. The molecule has 0 unspecified atom stereocenters. The average molecular weight is 389 g/mol. The van der Waals surface area contributed by atoms with Crippen molar-refractivity contribution in [1.82, 2.24) is 9.78 Å². The van der Waals surface area contributed by atoms with E-state index in [2.05, 4.69) is 31.7 Å². The zero-order valence-corrected chi connectivity index (χ0v) is 14.1. The van der Waals surface area contributed by atoms with Crippen molar-refractivity contribution in [2.24, 2.45) is 0 Å². The van der Waals surface area contributed by atoms with Crippen molar-refractivity contribution in [3.8, 4) is 0 Å². The number of rotatable bonds is 4. The van der Waals surface area contributed by atoms with Gasteiger partial charge in [-0.3, -0.25) is 4.68 Å². The van der Waals surface area contributed by atoms with Crippen molar-refractivity contribution < 1.29 is 9.18 Å². The van der Waals surface area contributed by atoms with E-state index in [0.717, 1.165) is 10.0 Å². The Morgan fingerprint density at radius 3 is 2.62 bits per heavy atom. The number of urea groups is 1. The molecule has 0 fully saturated rings. The number of carbonyl (C=O) groups is 1. The van der Waals surface area contributed by atoms with Crippen molar-refractivity contribution in [1.29, 1.82) is 0 Å². The minimum absolute atomic E-state index is 0.384. The van der Waals surface area contributed by atoms with Gasteiger partial charge in [-0.2, -0.15) is 5.10 Å². The molecule has 3 aromatic rings. The quantitative estimate of drug-likeness (QED) is 0.692. The van der Waals surface area contributed by atoms with Gasteiger partial charge in [0.25, 0.3) is 0 Å². The lowest BCUT2D eigenvalue weighted by Gasteiger charge is -2.05. The molecule has 0 saturated heterocycles. The number of amides is 2. The van der Waals surface area contributed by atoms with Crippen LogP contribution in [-0.4, -0.2) is 15.8 Å². The number of hydrogen-bond donors (Lipinski definition) is 2. The van der Waals surface area contributed by atoms with Crippen LogP contribution in [0.25, 0.3) is 0 Å². The fourth-order valence-electron chi connectivity index (χ4n) is 2.15. The summed E-state index contributed by atoms with van der Waals surface area (Å²) < 4.78 is 15.8. The van der Waals surface area contributed by atoms with E-state index in [9.17, 15) is 9.18 Å². The fraction of sp³-hybridized carbons (Fsp3) is 0.0588. The minimum Gasteiger partial charge on any atom is -0.308 e. The van der Waals surface area contributed by atoms with Gasteiger partial charge < -0.3 is 10.6 Å². The standard InChI is InChI=1S/C17H14BrFN4O/c18-13-6-4-12(5-7-13)10-23-11-16(9-20-23)22-17(24)21-15-3-1-2-14(19)8-15/h1-9,11H,10H2,(H2,21,22,24). The molecule has 0 atom stereocenters. The van der Waals surface area contributed by atoms with E-state index < -0.39 is 11.8 Å². The lowest BCUT2D eigenvalue weighted by molar-refractivity contribution is 0.262. The molecule has 7 heteroatoms. The first-order valence-corrected chi connectivity index (χ1v) is 7.98. The van der Waals surface area contributed by atoms with Crippen LogP contribution < -0.4 is 10.6 Å². The lowest BCUT2D eigenvalue weighted by atomic mass is 10.2. The highest BCUT2D eigenvalue weighted by Gasteiger charge is 2.06. The smallest absolute Gasteiger partial charge is 0.308 e. The SMILES string of the molecule is O=C(Nc1cccc(F)c1)Nc1cnn(Cc2ccc(Br)cc2)c1. The molecular weight excluding hydrogens is 375 g/mol. The van der Waals surface area contributed by atoms with E-state index in [4.69, 9.17) is 0 Å². The number of nitrogens with zero attached hydrogens (tertiary/aromatic N) is 2. The average Bonchev–Trinajstić information content (AvgIpc) is 2.96. The van der Waals surface area contributed by atoms with Crippen LogP contribution in [0.4, 0.5) is 20.6 Å². The Bertz CT molecular complexity index is 848. The first-order valence-electron chi connectivity index (χ1n) is 7.19. The van der Waals surface area contributed by atoms with Crippen LogP contribution in [0.2, 0.25) is 0 Å².